The summed E-state index contributed by atoms with van der Waals surface area (Å²) in [6.07, 6.45) is 2.44. The van der Waals surface area contributed by atoms with E-state index in [1.165, 1.54) is 0 Å². The Morgan fingerprint density at radius 2 is 2.43 bits per heavy atom. The number of anilines is 2. The van der Waals surface area contributed by atoms with E-state index in [1.807, 2.05) is 0 Å². The zero-order valence-electron chi connectivity index (χ0n) is 12.0. The zero-order valence-corrected chi connectivity index (χ0v) is 12.0. The van der Waals surface area contributed by atoms with Gasteiger partial charge in [0.1, 0.15) is 5.52 Å². The van der Waals surface area contributed by atoms with Gasteiger partial charge in [-0.15, -0.1) is 0 Å². The Morgan fingerprint density at radius 1 is 1.52 bits per heavy atom. The first-order chi connectivity index (χ1) is 10.3. The van der Waals surface area contributed by atoms with Crippen molar-refractivity contribution in [1.29, 1.82) is 0 Å². The van der Waals surface area contributed by atoms with Crippen molar-refractivity contribution < 1.29 is 9.84 Å². The van der Waals surface area contributed by atoms with Crippen molar-refractivity contribution in [2.75, 3.05) is 43.1 Å². The van der Waals surface area contributed by atoms with Crippen molar-refractivity contribution in [2.24, 2.45) is 0 Å². The highest BCUT2D eigenvalue weighted by atomic mass is 16.5. The Morgan fingerprint density at radius 3 is 3.24 bits per heavy atom. The molecule has 0 amide bonds. The van der Waals surface area contributed by atoms with E-state index in [2.05, 4.69) is 37.1 Å². The third-order valence-corrected chi connectivity index (χ3v) is 3.44. The summed E-state index contributed by atoms with van der Waals surface area (Å²) in [7, 11) is 0. The summed E-state index contributed by atoms with van der Waals surface area (Å²) in [6.45, 7) is 4.83. The number of H-pyrrole nitrogens is 1. The molecular formula is C13H20N6O2. The first-order valence-electron chi connectivity index (χ1n) is 7.24. The van der Waals surface area contributed by atoms with Gasteiger partial charge in [0.15, 0.2) is 11.5 Å². The Balaban J connectivity index is 1.93. The highest BCUT2D eigenvalue weighted by Gasteiger charge is 2.24. The monoisotopic (exact) mass is 292 g/mol. The quantitative estimate of drug-likeness (QED) is 0.732. The third kappa shape index (κ3) is 2.91. The molecule has 1 aliphatic rings. The van der Waals surface area contributed by atoms with Crippen LogP contribution in [0.1, 0.15) is 13.3 Å². The van der Waals surface area contributed by atoms with E-state index in [-0.39, 0.29) is 12.7 Å². The van der Waals surface area contributed by atoms with Gasteiger partial charge in [0, 0.05) is 19.6 Å². The second-order valence-corrected chi connectivity index (χ2v) is 5.02. The van der Waals surface area contributed by atoms with Crippen LogP contribution in [-0.4, -0.2) is 64.0 Å². The minimum atomic E-state index is -0.182. The third-order valence-electron chi connectivity index (χ3n) is 3.44. The van der Waals surface area contributed by atoms with Crippen molar-refractivity contribution in [3.8, 4) is 0 Å². The molecule has 3 heterocycles. The molecule has 2 aromatic rings. The second kappa shape index (κ2) is 6.23. The minimum Gasteiger partial charge on any atom is -0.394 e. The van der Waals surface area contributed by atoms with Gasteiger partial charge in [-0.1, -0.05) is 6.92 Å². The SMILES string of the molecule is CCCNc1nc(N2CCOC(CO)C2)c2[nH]cnc2n1. The van der Waals surface area contributed by atoms with E-state index in [9.17, 15) is 5.11 Å². The van der Waals surface area contributed by atoms with Crippen LogP contribution in [0.15, 0.2) is 6.33 Å². The maximum Gasteiger partial charge on any atom is 0.226 e. The van der Waals surface area contributed by atoms with Crippen molar-refractivity contribution >= 4 is 22.9 Å². The maximum absolute atomic E-state index is 9.28. The van der Waals surface area contributed by atoms with Crippen LogP contribution in [0, 0.1) is 0 Å². The fourth-order valence-corrected chi connectivity index (χ4v) is 2.38. The first-order valence-corrected chi connectivity index (χ1v) is 7.24. The number of aliphatic hydroxyl groups excluding tert-OH is 1. The Hall–Kier alpha value is -1.93. The van der Waals surface area contributed by atoms with Gasteiger partial charge >= 0.3 is 0 Å². The van der Waals surface area contributed by atoms with Crippen LogP contribution in [-0.2, 0) is 4.74 Å². The van der Waals surface area contributed by atoms with E-state index in [0.29, 0.717) is 24.7 Å². The molecule has 3 rings (SSSR count). The number of hydrogen-bond acceptors (Lipinski definition) is 7. The van der Waals surface area contributed by atoms with E-state index in [4.69, 9.17) is 4.74 Å². The predicted octanol–water partition coefficient (Wildman–Crippen LogP) is 0.372. The number of fused-ring (bicyclic) bond motifs is 1. The second-order valence-electron chi connectivity index (χ2n) is 5.02. The molecule has 0 aliphatic carbocycles. The molecule has 2 aromatic heterocycles. The number of imidazole rings is 1. The van der Waals surface area contributed by atoms with E-state index in [0.717, 1.165) is 30.8 Å². The van der Waals surface area contributed by atoms with Crippen LogP contribution in [0.2, 0.25) is 0 Å². The molecule has 0 saturated carbocycles. The fraction of sp³-hybridized carbons (Fsp3) is 0.615. The van der Waals surface area contributed by atoms with Crippen LogP contribution < -0.4 is 10.2 Å². The average molecular weight is 292 g/mol. The van der Waals surface area contributed by atoms with Crippen LogP contribution in [0.4, 0.5) is 11.8 Å². The standard InChI is InChI=1S/C13H20N6O2/c1-2-3-14-13-17-11-10(15-8-16-11)12(18-13)19-4-5-21-9(6-19)7-20/h8-9,20H,2-7H2,1H3,(H2,14,15,16,17,18). The van der Waals surface area contributed by atoms with Gasteiger partial charge in [-0.05, 0) is 6.42 Å². The van der Waals surface area contributed by atoms with E-state index >= 15 is 0 Å². The molecular weight excluding hydrogens is 272 g/mol. The Labute approximate surface area is 122 Å². The average Bonchev–Trinajstić information content (AvgIpc) is 3.00. The van der Waals surface area contributed by atoms with E-state index in [1.54, 1.807) is 6.33 Å². The smallest absolute Gasteiger partial charge is 0.226 e. The molecule has 0 radical (unpaired) electrons. The molecule has 1 atom stereocenters. The number of nitrogens with one attached hydrogen (secondary N) is 2. The lowest BCUT2D eigenvalue weighted by Gasteiger charge is -2.33. The van der Waals surface area contributed by atoms with Crippen molar-refractivity contribution in [1.82, 2.24) is 19.9 Å². The molecule has 8 heteroatoms. The number of aliphatic hydroxyl groups is 1. The van der Waals surface area contributed by atoms with Crippen LogP contribution in [0.3, 0.4) is 0 Å². The summed E-state index contributed by atoms with van der Waals surface area (Å²) in [6, 6.07) is 0. The molecule has 1 unspecified atom stereocenters. The van der Waals surface area contributed by atoms with Crippen molar-refractivity contribution in [3.05, 3.63) is 6.33 Å². The number of nitrogens with zero attached hydrogens (tertiary/aromatic N) is 4. The van der Waals surface area contributed by atoms with Crippen LogP contribution >= 0.6 is 0 Å². The maximum atomic E-state index is 9.28. The Kier molecular flexibility index (Phi) is 4.16. The van der Waals surface area contributed by atoms with Crippen LogP contribution in [0.25, 0.3) is 11.2 Å². The molecule has 114 valence electrons. The molecule has 0 bridgehead atoms. The summed E-state index contributed by atoms with van der Waals surface area (Å²) in [5.41, 5.74) is 1.46. The summed E-state index contributed by atoms with van der Waals surface area (Å²) >= 11 is 0. The first kappa shape index (κ1) is 14.0. The number of aromatic amines is 1. The van der Waals surface area contributed by atoms with Gasteiger partial charge in [-0.2, -0.15) is 9.97 Å². The van der Waals surface area contributed by atoms with Crippen LogP contribution in [0.5, 0.6) is 0 Å². The highest BCUT2D eigenvalue weighted by molar-refractivity contribution is 5.84. The number of morpholine rings is 1. The van der Waals surface area contributed by atoms with E-state index < -0.39 is 0 Å². The molecule has 1 aliphatic heterocycles. The summed E-state index contributed by atoms with van der Waals surface area (Å²) in [5.74, 6) is 1.39. The highest BCUT2D eigenvalue weighted by Crippen LogP contribution is 2.24. The zero-order chi connectivity index (χ0) is 14.7. The molecule has 21 heavy (non-hydrogen) atoms. The lowest BCUT2D eigenvalue weighted by atomic mass is 10.2. The molecule has 1 fully saturated rings. The number of hydrogen-bond donors (Lipinski definition) is 3. The van der Waals surface area contributed by atoms with Gasteiger partial charge in [0.2, 0.25) is 5.95 Å². The molecule has 0 aromatic carbocycles. The number of aromatic nitrogens is 4. The van der Waals surface area contributed by atoms with Crippen molar-refractivity contribution in [3.63, 3.8) is 0 Å². The van der Waals surface area contributed by atoms with Gasteiger partial charge in [-0.25, -0.2) is 4.98 Å². The lowest BCUT2D eigenvalue weighted by molar-refractivity contribution is 0.00343. The van der Waals surface area contributed by atoms with Crippen molar-refractivity contribution in [2.45, 2.75) is 19.4 Å². The summed E-state index contributed by atoms with van der Waals surface area (Å²) in [4.78, 5) is 18.4. The molecule has 1 saturated heterocycles. The lowest BCUT2D eigenvalue weighted by Crippen LogP contribution is -2.44. The van der Waals surface area contributed by atoms with Gasteiger partial charge in [0.05, 0.1) is 25.6 Å². The molecule has 3 N–H and O–H groups in total. The number of rotatable bonds is 5. The topological polar surface area (TPSA) is 99.2 Å². The molecule has 0 spiro atoms. The summed E-state index contributed by atoms with van der Waals surface area (Å²) in [5, 5.41) is 12.5. The molecule has 8 nitrogen and oxygen atoms in total. The van der Waals surface area contributed by atoms with Gasteiger partial charge in [-0.3, -0.25) is 0 Å². The summed E-state index contributed by atoms with van der Waals surface area (Å²) < 4.78 is 5.49. The predicted molar refractivity (Wildman–Crippen MR) is 79.5 cm³/mol. The largest absolute Gasteiger partial charge is 0.394 e. The normalized spacial score (nSPS) is 19.1. The Bertz CT molecular complexity index is 601. The minimum absolute atomic E-state index is 0.00858. The fourth-order valence-electron chi connectivity index (χ4n) is 2.38. The van der Waals surface area contributed by atoms with Gasteiger partial charge < -0.3 is 25.0 Å². The number of ether oxygens (including phenoxy) is 1. The van der Waals surface area contributed by atoms with Gasteiger partial charge in [0.25, 0.3) is 0 Å².